The maximum absolute atomic E-state index is 4.64. The number of hydrogen-bond donors (Lipinski definition) is 2. The molecule has 6 nitrogen and oxygen atoms in total. The Morgan fingerprint density at radius 1 is 1.28 bits per heavy atom. The summed E-state index contributed by atoms with van der Waals surface area (Å²) in [6.45, 7) is 11.6. The van der Waals surface area contributed by atoms with Crippen molar-refractivity contribution in [1.29, 1.82) is 0 Å². The van der Waals surface area contributed by atoms with Crippen molar-refractivity contribution in [2.24, 2.45) is 4.99 Å². The molecule has 0 fully saturated rings. The van der Waals surface area contributed by atoms with Gasteiger partial charge in [-0.1, -0.05) is 0 Å². The molecule has 0 atom stereocenters. The van der Waals surface area contributed by atoms with Crippen molar-refractivity contribution in [3.05, 3.63) is 33.5 Å². The van der Waals surface area contributed by atoms with Gasteiger partial charge in [0.1, 0.15) is 0 Å². The SMILES string of the molecule is CCNC(=NCCCn1nc(C)cc1C)NCCc1csc(C)n1.I. The molecule has 0 aromatic carbocycles. The number of nitrogens with zero attached hydrogens (tertiary/aromatic N) is 4. The average Bonchev–Trinajstić information content (AvgIpc) is 3.08. The normalized spacial score (nSPS) is 11.3. The molecule has 0 bridgehead atoms. The van der Waals surface area contributed by atoms with Crippen LogP contribution in [0, 0.1) is 20.8 Å². The molecule has 2 N–H and O–H groups in total. The number of nitrogens with one attached hydrogen (secondary N) is 2. The van der Waals surface area contributed by atoms with E-state index < -0.39 is 0 Å². The largest absolute Gasteiger partial charge is 0.357 e. The van der Waals surface area contributed by atoms with Gasteiger partial charge in [-0.05, 0) is 40.2 Å². The van der Waals surface area contributed by atoms with Crippen LogP contribution in [0.3, 0.4) is 0 Å². The Labute approximate surface area is 171 Å². The van der Waals surface area contributed by atoms with Gasteiger partial charge in [-0.25, -0.2) is 4.98 Å². The van der Waals surface area contributed by atoms with Gasteiger partial charge in [0.05, 0.1) is 16.4 Å². The highest BCUT2D eigenvalue weighted by Crippen LogP contribution is 2.07. The van der Waals surface area contributed by atoms with Crippen LogP contribution in [0.2, 0.25) is 0 Å². The van der Waals surface area contributed by atoms with E-state index in [4.69, 9.17) is 0 Å². The van der Waals surface area contributed by atoms with Crippen molar-refractivity contribution in [1.82, 2.24) is 25.4 Å². The summed E-state index contributed by atoms with van der Waals surface area (Å²) in [4.78, 5) is 9.12. The molecule has 2 rings (SSSR count). The molecular formula is C17H29IN6S. The van der Waals surface area contributed by atoms with Gasteiger partial charge in [-0.3, -0.25) is 9.67 Å². The average molecular weight is 476 g/mol. The molecule has 0 aliphatic heterocycles. The van der Waals surface area contributed by atoms with Gasteiger partial charge in [0, 0.05) is 43.7 Å². The second kappa shape index (κ2) is 11.5. The fourth-order valence-electron chi connectivity index (χ4n) is 2.49. The van der Waals surface area contributed by atoms with Gasteiger partial charge < -0.3 is 10.6 Å². The van der Waals surface area contributed by atoms with Crippen LogP contribution in [0.4, 0.5) is 0 Å². The van der Waals surface area contributed by atoms with E-state index in [0.717, 1.165) is 61.4 Å². The minimum absolute atomic E-state index is 0. The van der Waals surface area contributed by atoms with Gasteiger partial charge in [-0.2, -0.15) is 5.10 Å². The number of halogens is 1. The predicted octanol–water partition coefficient (Wildman–Crippen LogP) is 3.07. The Bertz CT molecular complexity index is 664. The van der Waals surface area contributed by atoms with Crippen molar-refractivity contribution >= 4 is 41.3 Å². The first-order valence-corrected chi connectivity index (χ1v) is 9.40. The molecule has 140 valence electrons. The molecule has 0 saturated heterocycles. The molecule has 0 spiro atoms. The summed E-state index contributed by atoms with van der Waals surface area (Å²) in [6.07, 6.45) is 1.89. The number of thiazole rings is 1. The zero-order valence-corrected chi connectivity index (χ0v) is 18.6. The lowest BCUT2D eigenvalue weighted by Gasteiger charge is -2.10. The highest BCUT2D eigenvalue weighted by molar-refractivity contribution is 14.0. The minimum atomic E-state index is 0. The van der Waals surface area contributed by atoms with Crippen molar-refractivity contribution in [3.63, 3.8) is 0 Å². The number of rotatable bonds is 8. The summed E-state index contributed by atoms with van der Waals surface area (Å²) in [7, 11) is 0. The first-order valence-electron chi connectivity index (χ1n) is 8.52. The molecule has 8 heteroatoms. The maximum Gasteiger partial charge on any atom is 0.191 e. The van der Waals surface area contributed by atoms with Gasteiger partial charge >= 0.3 is 0 Å². The number of hydrogen-bond acceptors (Lipinski definition) is 4. The Morgan fingerprint density at radius 2 is 2.08 bits per heavy atom. The fourth-order valence-corrected chi connectivity index (χ4v) is 3.13. The van der Waals surface area contributed by atoms with E-state index in [2.05, 4.69) is 55.7 Å². The first kappa shape index (κ1) is 21.9. The van der Waals surface area contributed by atoms with Crippen molar-refractivity contribution in [2.45, 2.75) is 47.1 Å². The van der Waals surface area contributed by atoms with E-state index in [1.165, 1.54) is 5.69 Å². The number of guanidine groups is 1. The van der Waals surface area contributed by atoms with E-state index in [-0.39, 0.29) is 24.0 Å². The van der Waals surface area contributed by atoms with Crippen LogP contribution in [0.5, 0.6) is 0 Å². The molecule has 0 radical (unpaired) electrons. The molecule has 0 unspecified atom stereocenters. The van der Waals surface area contributed by atoms with Crippen LogP contribution in [0.25, 0.3) is 0 Å². The Kier molecular flexibility index (Phi) is 10.0. The van der Waals surface area contributed by atoms with Crippen molar-refractivity contribution < 1.29 is 0 Å². The molecule has 0 amide bonds. The quantitative estimate of drug-likeness (QED) is 0.266. The van der Waals surface area contributed by atoms with Gasteiger partial charge in [0.25, 0.3) is 0 Å². The third kappa shape index (κ3) is 7.72. The van der Waals surface area contributed by atoms with Crippen LogP contribution in [-0.2, 0) is 13.0 Å². The highest BCUT2D eigenvalue weighted by atomic mass is 127. The molecular weight excluding hydrogens is 447 g/mol. The maximum atomic E-state index is 4.64. The smallest absolute Gasteiger partial charge is 0.191 e. The molecule has 25 heavy (non-hydrogen) atoms. The summed E-state index contributed by atoms with van der Waals surface area (Å²) in [6, 6.07) is 2.11. The summed E-state index contributed by atoms with van der Waals surface area (Å²) in [5.74, 6) is 0.873. The Hall–Kier alpha value is -1.16. The molecule has 0 aliphatic rings. The third-order valence-corrected chi connectivity index (χ3v) is 4.41. The molecule has 2 aromatic rings. The minimum Gasteiger partial charge on any atom is -0.357 e. The van der Waals surface area contributed by atoms with E-state index in [0.29, 0.717) is 0 Å². The predicted molar refractivity (Wildman–Crippen MR) is 116 cm³/mol. The summed E-state index contributed by atoms with van der Waals surface area (Å²) >= 11 is 1.70. The van der Waals surface area contributed by atoms with E-state index in [1.807, 2.05) is 13.8 Å². The second-order valence-corrected chi connectivity index (χ2v) is 6.86. The van der Waals surface area contributed by atoms with E-state index in [1.54, 1.807) is 11.3 Å². The number of aromatic nitrogens is 3. The molecule has 2 aromatic heterocycles. The summed E-state index contributed by atoms with van der Waals surface area (Å²) in [5, 5.41) is 14.4. The van der Waals surface area contributed by atoms with Crippen LogP contribution < -0.4 is 10.6 Å². The molecule has 0 saturated carbocycles. The monoisotopic (exact) mass is 476 g/mol. The second-order valence-electron chi connectivity index (χ2n) is 5.80. The Morgan fingerprint density at radius 3 is 2.68 bits per heavy atom. The summed E-state index contributed by atoms with van der Waals surface area (Å²) in [5.41, 5.74) is 3.42. The zero-order chi connectivity index (χ0) is 17.4. The molecule has 0 aliphatic carbocycles. The third-order valence-electron chi connectivity index (χ3n) is 3.59. The standard InChI is InChI=1S/C17H28N6S.HI/c1-5-18-17(20-9-7-16-12-24-15(4)21-16)19-8-6-10-23-14(3)11-13(2)22-23;/h11-12H,5-10H2,1-4H3,(H2,18,19,20);1H. The van der Waals surface area contributed by atoms with Gasteiger partial charge in [0.15, 0.2) is 5.96 Å². The topological polar surface area (TPSA) is 67.1 Å². The highest BCUT2D eigenvalue weighted by Gasteiger charge is 2.02. The number of aryl methyl sites for hydroxylation is 4. The lowest BCUT2D eigenvalue weighted by Crippen LogP contribution is -2.38. The van der Waals surface area contributed by atoms with Crippen LogP contribution in [0.15, 0.2) is 16.4 Å². The van der Waals surface area contributed by atoms with Crippen molar-refractivity contribution in [3.8, 4) is 0 Å². The fraction of sp³-hybridized carbons (Fsp3) is 0.588. The van der Waals surface area contributed by atoms with Gasteiger partial charge in [-0.15, -0.1) is 35.3 Å². The number of aliphatic imine (C=N–C) groups is 1. The van der Waals surface area contributed by atoms with E-state index >= 15 is 0 Å². The van der Waals surface area contributed by atoms with Crippen molar-refractivity contribution in [2.75, 3.05) is 19.6 Å². The van der Waals surface area contributed by atoms with Crippen LogP contribution >= 0.6 is 35.3 Å². The Balaban J connectivity index is 0.00000312. The van der Waals surface area contributed by atoms with Crippen LogP contribution in [0.1, 0.15) is 35.4 Å². The van der Waals surface area contributed by atoms with E-state index in [9.17, 15) is 0 Å². The van der Waals surface area contributed by atoms with Gasteiger partial charge in [0.2, 0.25) is 0 Å². The first-order chi connectivity index (χ1) is 11.6. The lowest BCUT2D eigenvalue weighted by atomic mass is 10.3. The zero-order valence-electron chi connectivity index (χ0n) is 15.5. The lowest BCUT2D eigenvalue weighted by molar-refractivity contribution is 0.567. The summed E-state index contributed by atoms with van der Waals surface area (Å²) < 4.78 is 2.05. The van der Waals surface area contributed by atoms with Crippen LogP contribution in [-0.4, -0.2) is 40.4 Å². The molecule has 2 heterocycles.